The van der Waals surface area contributed by atoms with E-state index in [1.165, 1.54) is 21.0 Å². The van der Waals surface area contributed by atoms with Crippen LogP contribution in [0.25, 0.3) is 0 Å². The van der Waals surface area contributed by atoms with Crippen molar-refractivity contribution < 1.29 is 19.1 Å². The number of nitrogens with one attached hydrogen (secondary N) is 2. The number of carbonyl (C=O) groups is 3. The van der Waals surface area contributed by atoms with Crippen LogP contribution in [-0.4, -0.2) is 31.1 Å². The number of hydrogen-bond acceptors (Lipinski definition) is 4. The van der Waals surface area contributed by atoms with E-state index in [0.717, 1.165) is 0 Å². The number of carbonyl (C=O) groups excluding carboxylic acids is 3. The molecular formula is C9H16N2O4. The zero-order chi connectivity index (χ0) is 11.8. The maximum atomic E-state index is 10.8. The van der Waals surface area contributed by atoms with Gasteiger partial charge in [-0.05, 0) is 6.42 Å². The SMILES string of the molecule is COC(=O)CCC(NC(C)=O)NC(C)=O. The average Bonchev–Trinajstić information content (AvgIpc) is 2.11. The molecule has 0 radical (unpaired) electrons. The number of methoxy groups -OCH3 is 1. The number of hydrogen-bond donors (Lipinski definition) is 2. The van der Waals surface area contributed by atoms with Gasteiger partial charge in [0.1, 0.15) is 6.17 Å². The largest absolute Gasteiger partial charge is 0.469 e. The minimum Gasteiger partial charge on any atom is -0.469 e. The summed E-state index contributed by atoms with van der Waals surface area (Å²) in [5.74, 6) is -0.909. The van der Waals surface area contributed by atoms with Crippen LogP contribution in [0.4, 0.5) is 0 Å². The summed E-state index contributed by atoms with van der Waals surface area (Å²) in [4.78, 5) is 32.4. The first kappa shape index (κ1) is 13.4. The summed E-state index contributed by atoms with van der Waals surface area (Å²) >= 11 is 0. The van der Waals surface area contributed by atoms with Crippen LogP contribution in [0.3, 0.4) is 0 Å². The molecule has 0 aromatic heterocycles. The van der Waals surface area contributed by atoms with Gasteiger partial charge in [-0.1, -0.05) is 0 Å². The highest BCUT2D eigenvalue weighted by atomic mass is 16.5. The standard InChI is InChI=1S/C9H16N2O4/c1-6(12)10-8(11-7(2)13)4-5-9(14)15-3/h8H,4-5H2,1-3H3,(H,10,12)(H,11,13). The Morgan fingerprint density at radius 1 is 1.13 bits per heavy atom. The molecule has 0 aromatic rings. The van der Waals surface area contributed by atoms with Crippen molar-refractivity contribution in [1.82, 2.24) is 10.6 Å². The monoisotopic (exact) mass is 216 g/mol. The Hall–Kier alpha value is -1.59. The van der Waals surface area contributed by atoms with Crippen LogP contribution in [-0.2, 0) is 19.1 Å². The maximum Gasteiger partial charge on any atom is 0.305 e. The first-order chi connectivity index (χ1) is 6.95. The minimum atomic E-state index is -0.529. The lowest BCUT2D eigenvalue weighted by Crippen LogP contribution is -2.46. The Bertz CT molecular complexity index is 236. The summed E-state index contributed by atoms with van der Waals surface area (Å²) in [7, 11) is 1.29. The summed E-state index contributed by atoms with van der Waals surface area (Å²) in [5.41, 5.74) is 0. The molecule has 0 fully saturated rings. The van der Waals surface area contributed by atoms with Crippen molar-refractivity contribution in [2.75, 3.05) is 7.11 Å². The fourth-order valence-corrected chi connectivity index (χ4v) is 1.04. The molecule has 6 heteroatoms. The third kappa shape index (κ3) is 7.48. The molecule has 0 aliphatic rings. The second kappa shape index (κ2) is 6.80. The van der Waals surface area contributed by atoms with E-state index < -0.39 is 6.17 Å². The molecule has 0 rings (SSSR count). The van der Waals surface area contributed by atoms with Crippen LogP contribution >= 0.6 is 0 Å². The molecule has 0 atom stereocenters. The fourth-order valence-electron chi connectivity index (χ4n) is 1.04. The molecule has 0 aliphatic carbocycles. The number of rotatable bonds is 5. The molecule has 0 saturated carbocycles. The van der Waals surface area contributed by atoms with Gasteiger partial charge in [0.05, 0.1) is 7.11 Å². The van der Waals surface area contributed by atoms with Crippen molar-refractivity contribution in [2.24, 2.45) is 0 Å². The first-order valence-corrected chi connectivity index (χ1v) is 4.56. The predicted octanol–water partition coefficient (Wildman–Crippen LogP) is -0.462. The molecule has 0 spiro atoms. The van der Waals surface area contributed by atoms with Crippen LogP contribution in [0.15, 0.2) is 0 Å². The Balaban J connectivity index is 4.06. The topological polar surface area (TPSA) is 84.5 Å². The number of amides is 2. The van der Waals surface area contributed by atoms with Crippen LogP contribution in [0.1, 0.15) is 26.7 Å². The zero-order valence-electron chi connectivity index (χ0n) is 9.12. The van der Waals surface area contributed by atoms with Gasteiger partial charge in [0, 0.05) is 20.3 Å². The van der Waals surface area contributed by atoms with E-state index >= 15 is 0 Å². The Labute approximate surface area is 88.4 Å². The van der Waals surface area contributed by atoms with Crippen LogP contribution in [0, 0.1) is 0 Å². The van der Waals surface area contributed by atoms with E-state index in [-0.39, 0.29) is 24.2 Å². The Kier molecular flexibility index (Phi) is 6.08. The maximum absolute atomic E-state index is 10.8. The first-order valence-electron chi connectivity index (χ1n) is 4.56. The molecule has 86 valence electrons. The molecule has 0 aromatic carbocycles. The van der Waals surface area contributed by atoms with Crippen molar-refractivity contribution in [3.63, 3.8) is 0 Å². The van der Waals surface area contributed by atoms with Crippen molar-refractivity contribution in [3.8, 4) is 0 Å². The molecule has 0 unspecified atom stereocenters. The van der Waals surface area contributed by atoms with Gasteiger partial charge < -0.3 is 15.4 Å². The van der Waals surface area contributed by atoms with Crippen molar-refractivity contribution in [1.29, 1.82) is 0 Å². The van der Waals surface area contributed by atoms with Crippen LogP contribution in [0.2, 0.25) is 0 Å². The molecule has 2 N–H and O–H groups in total. The lowest BCUT2D eigenvalue weighted by atomic mass is 10.2. The van der Waals surface area contributed by atoms with Crippen LogP contribution in [0.5, 0.6) is 0 Å². The highest BCUT2D eigenvalue weighted by Gasteiger charge is 2.12. The van der Waals surface area contributed by atoms with Gasteiger partial charge in [0.25, 0.3) is 0 Å². The van der Waals surface area contributed by atoms with E-state index in [4.69, 9.17) is 0 Å². The van der Waals surface area contributed by atoms with Crippen molar-refractivity contribution in [3.05, 3.63) is 0 Å². The highest BCUT2D eigenvalue weighted by molar-refractivity contribution is 5.76. The number of esters is 1. The normalized spacial score (nSPS) is 9.60. The summed E-state index contributed by atoms with van der Waals surface area (Å²) in [6.45, 7) is 2.68. The summed E-state index contributed by atoms with van der Waals surface area (Å²) < 4.78 is 4.45. The predicted molar refractivity (Wildman–Crippen MR) is 52.7 cm³/mol. The fraction of sp³-hybridized carbons (Fsp3) is 0.667. The van der Waals surface area contributed by atoms with Gasteiger partial charge >= 0.3 is 5.97 Å². The van der Waals surface area contributed by atoms with Crippen LogP contribution < -0.4 is 10.6 Å². The van der Waals surface area contributed by atoms with Gasteiger partial charge in [-0.25, -0.2) is 0 Å². The highest BCUT2D eigenvalue weighted by Crippen LogP contribution is 1.96. The van der Waals surface area contributed by atoms with E-state index in [2.05, 4.69) is 15.4 Å². The Morgan fingerprint density at radius 3 is 1.93 bits per heavy atom. The molecule has 0 heterocycles. The quantitative estimate of drug-likeness (QED) is 0.481. The number of ether oxygens (including phenoxy) is 1. The molecule has 15 heavy (non-hydrogen) atoms. The summed E-state index contributed by atoms with van der Waals surface area (Å²) in [5, 5.41) is 5.02. The molecule has 0 bridgehead atoms. The van der Waals surface area contributed by atoms with Gasteiger partial charge in [0.15, 0.2) is 0 Å². The second-order valence-electron chi connectivity index (χ2n) is 3.07. The Morgan fingerprint density at radius 2 is 1.60 bits per heavy atom. The third-order valence-corrected chi connectivity index (χ3v) is 1.62. The lowest BCUT2D eigenvalue weighted by molar-refractivity contribution is -0.141. The average molecular weight is 216 g/mol. The molecular weight excluding hydrogens is 200 g/mol. The smallest absolute Gasteiger partial charge is 0.305 e. The minimum absolute atomic E-state index is 0.141. The third-order valence-electron chi connectivity index (χ3n) is 1.62. The molecule has 2 amide bonds. The lowest BCUT2D eigenvalue weighted by Gasteiger charge is -2.17. The van der Waals surface area contributed by atoms with Gasteiger partial charge in [-0.2, -0.15) is 0 Å². The van der Waals surface area contributed by atoms with Crippen molar-refractivity contribution in [2.45, 2.75) is 32.9 Å². The van der Waals surface area contributed by atoms with Gasteiger partial charge in [-0.15, -0.1) is 0 Å². The molecule has 0 saturated heterocycles. The van der Waals surface area contributed by atoms with Gasteiger partial charge in [0.2, 0.25) is 11.8 Å². The molecule has 0 aliphatic heterocycles. The van der Waals surface area contributed by atoms with E-state index in [1.54, 1.807) is 0 Å². The van der Waals surface area contributed by atoms with Crippen molar-refractivity contribution >= 4 is 17.8 Å². The summed E-state index contributed by atoms with van der Waals surface area (Å²) in [6.07, 6.45) is -0.0767. The van der Waals surface area contributed by atoms with E-state index in [0.29, 0.717) is 6.42 Å². The second-order valence-corrected chi connectivity index (χ2v) is 3.07. The van der Waals surface area contributed by atoms with E-state index in [9.17, 15) is 14.4 Å². The van der Waals surface area contributed by atoms with Gasteiger partial charge in [-0.3, -0.25) is 14.4 Å². The van der Waals surface area contributed by atoms with E-state index in [1.807, 2.05) is 0 Å². The summed E-state index contributed by atoms with van der Waals surface area (Å²) in [6, 6.07) is 0. The zero-order valence-corrected chi connectivity index (χ0v) is 9.12. The molecule has 6 nitrogen and oxygen atoms in total.